The van der Waals surface area contributed by atoms with Gasteiger partial charge in [-0.3, -0.25) is 0 Å². The third kappa shape index (κ3) is 9.70. The predicted octanol–water partition coefficient (Wildman–Crippen LogP) is 3.41. The third-order valence-corrected chi connectivity index (χ3v) is 1.81. The molecule has 0 N–H and O–H groups in total. The van der Waals surface area contributed by atoms with Gasteiger partial charge in [-0.2, -0.15) is 0 Å². The molecule has 0 rings (SSSR count). The molecular weight excluding hydrogens is 148 g/mol. The van der Waals surface area contributed by atoms with Gasteiger partial charge < -0.3 is 4.74 Å². The lowest BCUT2D eigenvalue weighted by Gasteiger charge is -2.00. The standard InChI is InChI=1S/C11H22O/c1-11(2)9-7-5-4-6-8-10-12-3/h4,6,11H,5,7-10H2,1-3H3/b6-4+. The monoisotopic (exact) mass is 170 g/mol. The Morgan fingerprint density at radius 1 is 1.17 bits per heavy atom. The zero-order valence-corrected chi connectivity index (χ0v) is 8.68. The van der Waals surface area contributed by atoms with Crippen LogP contribution in [0.1, 0.15) is 39.5 Å². The molecule has 0 fully saturated rings. The van der Waals surface area contributed by atoms with E-state index in [0.29, 0.717) is 0 Å². The van der Waals surface area contributed by atoms with Crippen molar-refractivity contribution in [2.24, 2.45) is 5.92 Å². The van der Waals surface area contributed by atoms with Crippen LogP contribution in [0.4, 0.5) is 0 Å². The molecule has 0 bridgehead atoms. The van der Waals surface area contributed by atoms with E-state index in [-0.39, 0.29) is 0 Å². The fourth-order valence-electron chi connectivity index (χ4n) is 1.07. The van der Waals surface area contributed by atoms with Crippen molar-refractivity contribution in [3.05, 3.63) is 12.2 Å². The topological polar surface area (TPSA) is 9.23 Å². The number of rotatable bonds is 7. The predicted molar refractivity (Wildman–Crippen MR) is 54.3 cm³/mol. The number of hydrogen-bond acceptors (Lipinski definition) is 1. The van der Waals surface area contributed by atoms with Gasteiger partial charge in [0.2, 0.25) is 0 Å². The van der Waals surface area contributed by atoms with Gasteiger partial charge in [0.05, 0.1) is 0 Å². The van der Waals surface area contributed by atoms with E-state index in [1.807, 2.05) is 0 Å². The van der Waals surface area contributed by atoms with Gasteiger partial charge in [0, 0.05) is 13.7 Å². The summed E-state index contributed by atoms with van der Waals surface area (Å²) in [5.41, 5.74) is 0. The summed E-state index contributed by atoms with van der Waals surface area (Å²) in [6, 6.07) is 0. The molecule has 0 saturated carbocycles. The third-order valence-electron chi connectivity index (χ3n) is 1.81. The second-order valence-corrected chi connectivity index (χ2v) is 3.58. The highest BCUT2D eigenvalue weighted by Gasteiger charge is 1.90. The molecule has 12 heavy (non-hydrogen) atoms. The Morgan fingerprint density at radius 2 is 1.83 bits per heavy atom. The average Bonchev–Trinajstić information content (AvgIpc) is 2.02. The van der Waals surface area contributed by atoms with Gasteiger partial charge >= 0.3 is 0 Å². The highest BCUT2D eigenvalue weighted by molar-refractivity contribution is 4.81. The lowest BCUT2D eigenvalue weighted by atomic mass is 10.1. The van der Waals surface area contributed by atoms with Gasteiger partial charge in [-0.1, -0.05) is 32.4 Å². The first-order valence-electron chi connectivity index (χ1n) is 4.91. The number of unbranched alkanes of at least 4 members (excludes halogenated alkanes) is 1. The molecule has 0 aromatic carbocycles. The van der Waals surface area contributed by atoms with Crippen molar-refractivity contribution in [1.82, 2.24) is 0 Å². The van der Waals surface area contributed by atoms with Crippen molar-refractivity contribution in [3.63, 3.8) is 0 Å². The maximum atomic E-state index is 4.94. The van der Waals surface area contributed by atoms with Crippen molar-refractivity contribution in [2.75, 3.05) is 13.7 Å². The maximum absolute atomic E-state index is 4.94. The Labute approximate surface area is 76.8 Å². The molecule has 0 aliphatic rings. The average molecular weight is 170 g/mol. The number of ether oxygens (including phenoxy) is 1. The minimum Gasteiger partial charge on any atom is -0.384 e. The molecule has 72 valence electrons. The zero-order chi connectivity index (χ0) is 9.23. The lowest BCUT2D eigenvalue weighted by molar-refractivity contribution is 0.204. The lowest BCUT2D eigenvalue weighted by Crippen LogP contribution is -1.86. The van der Waals surface area contributed by atoms with Crippen molar-refractivity contribution < 1.29 is 4.74 Å². The van der Waals surface area contributed by atoms with E-state index < -0.39 is 0 Å². The molecule has 0 unspecified atom stereocenters. The van der Waals surface area contributed by atoms with Gasteiger partial charge in [-0.25, -0.2) is 0 Å². The van der Waals surface area contributed by atoms with Crippen molar-refractivity contribution >= 4 is 0 Å². The Hall–Kier alpha value is -0.300. The summed E-state index contributed by atoms with van der Waals surface area (Å²) >= 11 is 0. The summed E-state index contributed by atoms with van der Waals surface area (Å²) in [6.07, 6.45) is 9.42. The van der Waals surface area contributed by atoms with Crippen LogP contribution in [0.15, 0.2) is 12.2 Å². The van der Waals surface area contributed by atoms with E-state index in [1.54, 1.807) is 7.11 Å². The van der Waals surface area contributed by atoms with E-state index in [2.05, 4.69) is 26.0 Å². The minimum atomic E-state index is 0.845. The Bertz CT molecular complexity index is 106. The fraction of sp³-hybridized carbons (Fsp3) is 0.818. The van der Waals surface area contributed by atoms with Crippen molar-refractivity contribution in [3.8, 4) is 0 Å². The zero-order valence-electron chi connectivity index (χ0n) is 8.68. The molecule has 0 aliphatic carbocycles. The molecule has 1 heteroatoms. The van der Waals surface area contributed by atoms with Crippen LogP contribution in [0.25, 0.3) is 0 Å². The SMILES string of the molecule is COCC/C=C/CCCC(C)C. The summed E-state index contributed by atoms with van der Waals surface area (Å²) in [4.78, 5) is 0. The second-order valence-electron chi connectivity index (χ2n) is 3.58. The van der Waals surface area contributed by atoms with Crippen LogP contribution in [-0.2, 0) is 4.74 Å². The molecule has 0 aromatic heterocycles. The molecule has 0 heterocycles. The van der Waals surface area contributed by atoms with E-state index in [4.69, 9.17) is 4.74 Å². The fourth-order valence-corrected chi connectivity index (χ4v) is 1.07. The molecule has 0 aliphatic heterocycles. The van der Waals surface area contributed by atoms with E-state index in [0.717, 1.165) is 18.9 Å². The Morgan fingerprint density at radius 3 is 2.42 bits per heavy atom. The first-order valence-corrected chi connectivity index (χ1v) is 4.91. The Balaban J connectivity index is 3.03. The summed E-state index contributed by atoms with van der Waals surface area (Å²) in [6.45, 7) is 5.39. The van der Waals surface area contributed by atoms with Crippen LogP contribution in [0.2, 0.25) is 0 Å². The summed E-state index contributed by atoms with van der Waals surface area (Å²) in [7, 11) is 1.74. The van der Waals surface area contributed by atoms with Gasteiger partial charge in [0.1, 0.15) is 0 Å². The van der Waals surface area contributed by atoms with Crippen LogP contribution in [0.5, 0.6) is 0 Å². The van der Waals surface area contributed by atoms with Crippen LogP contribution >= 0.6 is 0 Å². The maximum Gasteiger partial charge on any atom is 0.0496 e. The highest BCUT2D eigenvalue weighted by Crippen LogP contribution is 2.06. The highest BCUT2D eigenvalue weighted by atomic mass is 16.5. The van der Waals surface area contributed by atoms with Crippen molar-refractivity contribution in [2.45, 2.75) is 39.5 Å². The largest absolute Gasteiger partial charge is 0.384 e. The van der Waals surface area contributed by atoms with Crippen LogP contribution < -0.4 is 0 Å². The summed E-state index contributed by atoms with van der Waals surface area (Å²) in [5, 5.41) is 0. The van der Waals surface area contributed by atoms with Crippen LogP contribution in [0.3, 0.4) is 0 Å². The van der Waals surface area contributed by atoms with Gasteiger partial charge in [0.25, 0.3) is 0 Å². The molecule has 0 atom stereocenters. The molecule has 0 amide bonds. The van der Waals surface area contributed by atoms with Crippen LogP contribution in [0, 0.1) is 5.92 Å². The smallest absolute Gasteiger partial charge is 0.0496 e. The molecule has 1 nitrogen and oxygen atoms in total. The van der Waals surface area contributed by atoms with Gasteiger partial charge in [-0.05, 0) is 25.2 Å². The molecule has 0 radical (unpaired) electrons. The van der Waals surface area contributed by atoms with Crippen molar-refractivity contribution in [1.29, 1.82) is 0 Å². The number of allylic oxidation sites excluding steroid dienone is 1. The molecule has 0 saturated heterocycles. The first-order chi connectivity index (χ1) is 5.77. The molecular formula is C11H22O. The summed E-state index contributed by atoms with van der Waals surface area (Å²) < 4.78 is 4.94. The number of methoxy groups -OCH3 is 1. The first kappa shape index (κ1) is 11.7. The molecule has 0 aromatic rings. The summed E-state index contributed by atoms with van der Waals surface area (Å²) in [5.74, 6) is 0.845. The van der Waals surface area contributed by atoms with Crippen LogP contribution in [-0.4, -0.2) is 13.7 Å². The van der Waals surface area contributed by atoms with Gasteiger partial charge in [-0.15, -0.1) is 0 Å². The van der Waals surface area contributed by atoms with E-state index >= 15 is 0 Å². The van der Waals surface area contributed by atoms with E-state index in [9.17, 15) is 0 Å². The second kappa shape index (κ2) is 8.79. The Kier molecular flexibility index (Phi) is 8.57. The van der Waals surface area contributed by atoms with Gasteiger partial charge in [0.15, 0.2) is 0 Å². The normalized spacial score (nSPS) is 11.7. The number of hydrogen-bond donors (Lipinski definition) is 0. The molecule has 0 spiro atoms. The minimum absolute atomic E-state index is 0.845. The van der Waals surface area contributed by atoms with E-state index in [1.165, 1.54) is 19.3 Å². The quantitative estimate of drug-likeness (QED) is 0.420.